The van der Waals surface area contributed by atoms with Gasteiger partial charge in [0.2, 0.25) is 0 Å². The molecule has 3 rings (SSSR count). The Morgan fingerprint density at radius 1 is 1.33 bits per heavy atom. The minimum atomic E-state index is -0.179. The zero-order valence-corrected chi connectivity index (χ0v) is 16.2. The van der Waals surface area contributed by atoms with Crippen molar-refractivity contribution >= 4 is 34.2 Å². The smallest absolute Gasteiger partial charge is 0.195 e. The molecule has 0 aliphatic carbocycles. The minimum absolute atomic E-state index is 0.179. The molecule has 0 bridgehead atoms. The van der Waals surface area contributed by atoms with Gasteiger partial charge in [-0.15, -0.1) is 11.3 Å². The molecule has 24 heavy (non-hydrogen) atoms. The summed E-state index contributed by atoms with van der Waals surface area (Å²) in [6.45, 7) is 10.4. The van der Waals surface area contributed by atoms with Crippen molar-refractivity contribution in [3.63, 3.8) is 0 Å². The number of halogens is 1. The van der Waals surface area contributed by atoms with E-state index in [-0.39, 0.29) is 5.41 Å². The van der Waals surface area contributed by atoms with Gasteiger partial charge in [0.1, 0.15) is 5.69 Å². The number of aldehydes is 1. The second-order valence-electron chi connectivity index (χ2n) is 7.02. The Hall–Kier alpha value is -1.65. The van der Waals surface area contributed by atoms with Gasteiger partial charge in [0, 0.05) is 20.9 Å². The summed E-state index contributed by atoms with van der Waals surface area (Å²) in [6, 6.07) is 6.01. The van der Waals surface area contributed by atoms with Crippen LogP contribution < -0.4 is 0 Å². The van der Waals surface area contributed by atoms with Gasteiger partial charge in [0.25, 0.3) is 0 Å². The minimum Gasteiger partial charge on any atom is -0.296 e. The molecule has 0 aliphatic rings. The average Bonchev–Trinajstić information content (AvgIpc) is 3.04. The van der Waals surface area contributed by atoms with E-state index in [0.717, 1.165) is 45.2 Å². The zero-order valence-electron chi connectivity index (χ0n) is 14.6. The molecule has 1 aromatic carbocycles. The predicted octanol–water partition coefficient (Wildman–Crippen LogP) is 5.70. The standard InChI is InChI=1S/C19H21ClN2OS/c1-6-15-16(12-7-8-13(20)11(2)9-12)22-14(10-23)17(19(3,4)5)21-18(22)24-15/h7-10H,6H2,1-5H3. The Morgan fingerprint density at radius 2 is 2.04 bits per heavy atom. The van der Waals surface area contributed by atoms with E-state index in [4.69, 9.17) is 16.6 Å². The van der Waals surface area contributed by atoms with Crippen molar-refractivity contribution in [3.05, 3.63) is 45.1 Å². The maximum absolute atomic E-state index is 11.9. The first-order valence-electron chi connectivity index (χ1n) is 8.04. The van der Waals surface area contributed by atoms with Crippen molar-refractivity contribution in [2.24, 2.45) is 0 Å². The summed E-state index contributed by atoms with van der Waals surface area (Å²) in [5.41, 5.74) is 4.47. The number of fused-ring (bicyclic) bond motifs is 1. The highest BCUT2D eigenvalue weighted by Crippen LogP contribution is 2.37. The summed E-state index contributed by atoms with van der Waals surface area (Å²) in [4.78, 5) is 18.7. The number of imidazole rings is 1. The maximum atomic E-state index is 11.9. The van der Waals surface area contributed by atoms with Crippen LogP contribution in [0.2, 0.25) is 5.02 Å². The van der Waals surface area contributed by atoms with Gasteiger partial charge in [-0.3, -0.25) is 9.20 Å². The molecule has 0 aliphatic heterocycles. The van der Waals surface area contributed by atoms with Crippen molar-refractivity contribution in [3.8, 4) is 11.3 Å². The van der Waals surface area contributed by atoms with Crippen LogP contribution in [0.25, 0.3) is 16.2 Å². The lowest BCUT2D eigenvalue weighted by atomic mass is 9.91. The van der Waals surface area contributed by atoms with Gasteiger partial charge in [0.15, 0.2) is 11.2 Å². The van der Waals surface area contributed by atoms with Gasteiger partial charge in [-0.05, 0) is 31.0 Å². The van der Waals surface area contributed by atoms with Crippen LogP contribution in [-0.4, -0.2) is 15.7 Å². The van der Waals surface area contributed by atoms with Gasteiger partial charge in [-0.25, -0.2) is 4.98 Å². The van der Waals surface area contributed by atoms with Crippen molar-refractivity contribution in [1.29, 1.82) is 0 Å². The van der Waals surface area contributed by atoms with E-state index in [1.165, 1.54) is 4.88 Å². The fraction of sp³-hybridized carbons (Fsp3) is 0.368. The van der Waals surface area contributed by atoms with Crippen LogP contribution in [-0.2, 0) is 11.8 Å². The predicted molar refractivity (Wildman–Crippen MR) is 102 cm³/mol. The van der Waals surface area contributed by atoms with Crippen LogP contribution in [0, 0.1) is 6.92 Å². The normalized spacial score (nSPS) is 12.1. The summed E-state index contributed by atoms with van der Waals surface area (Å²) in [5, 5.41) is 0.750. The van der Waals surface area contributed by atoms with Crippen LogP contribution in [0.3, 0.4) is 0 Å². The molecule has 0 N–H and O–H groups in total. The molecule has 0 unspecified atom stereocenters. The Bertz CT molecular complexity index is 931. The molecule has 3 aromatic rings. The average molecular weight is 361 g/mol. The number of rotatable bonds is 3. The number of benzene rings is 1. The van der Waals surface area contributed by atoms with Crippen molar-refractivity contribution < 1.29 is 4.79 Å². The summed E-state index contributed by atoms with van der Waals surface area (Å²) in [7, 11) is 0. The molecular formula is C19H21ClN2OS. The van der Waals surface area contributed by atoms with Gasteiger partial charge in [0.05, 0.1) is 11.4 Å². The third-order valence-electron chi connectivity index (χ3n) is 4.16. The van der Waals surface area contributed by atoms with E-state index in [0.29, 0.717) is 5.69 Å². The number of thiazole rings is 1. The Labute approximate surface area is 151 Å². The number of aromatic nitrogens is 2. The van der Waals surface area contributed by atoms with E-state index in [1.807, 2.05) is 23.5 Å². The highest BCUT2D eigenvalue weighted by molar-refractivity contribution is 7.17. The van der Waals surface area contributed by atoms with Crippen LogP contribution in [0.15, 0.2) is 18.2 Å². The molecule has 0 radical (unpaired) electrons. The van der Waals surface area contributed by atoms with Crippen molar-refractivity contribution in [1.82, 2.24) is 9.38 Å². The van der Waals surface area contributed by atoms with Crippen molar-refractivity contribution in [2.45, 2.75) is 46.5 Å². The SMILES string of the molecule is CCc1sc2nc(C(C)(C)C)c(C=O)n2c1-c1ccc(Cl)c(C)c1. The van der Waals surface area contributed by atoms with Gasteiger partial charge in [-0.2, -0.15) is 0 Å². The van der Waals surface area contributed by atoms with E-state index in [1.54, 1.807) is 11.3 Å². The van der Waals surface area contributed by atoms with Gasteiger partial charge in [-0.1, -0.05) is 45.4 Å². The van der Waals surface area contributed by atoms with Crippen LogP contribution in [0.5, 0.6) is 0 Å². The Balaban J connectivity index is 2.38. The first-order chi connectivity index (χ1) is 11.3. The quantitative estimate of drug-likeness (QED) is 0.561. The largest absolute Gasteiger partial charge is 0.296 e. The molecule has 2 heterocycles. The van der Waals surface area contributed by atoms with E-state index >= 15 is 0 Å². The second-order valence-corrected chi connectivity index (χ2v) is 8.49. The first-order valence-corrected chi connectivity index (χ1v) is 9.23. The molecule has 0 atom stereocenters. The lowest BCUT2D eigenvalue weighted by Crippen LogP contribution is -2.15. The maximum Gasteiger partial charge on any atom is 0.195 e. The zero-order chi connectivity index (χ0) is 17.6. The summed E-state index contributed by atoms with van der Waals surface area (Å²) >= 11 is 7.84. The second kappa shape index (κ2) is 6.01. The molecule has 126 valence electrons. The molecule has 2 aromatic heterocycles. The summed E-state index contributed by atoms with van der Waals surface area (Å²) in [6.07, 6.45) is 1.83. The number of hydrogen-bond donors (Lipinski definition) is 0. The summed E-state index contributed by atoms with van der Waals surface area (Å²) < 4.78 is 2.01. The first kappa shape index (κ1) is 17.2. The molecule has 0 fully saturated rings. The lowest BCUT2D eigenvalue weighted by Gasteiger charge is -2.16. The fourth-order valence-corrected chi connectivity index (χ4v) is 4.17. The third-order valence-corrected chi connectivity index (χ3v) is 5.77. The molecular weight excluding hydrogens is 340 g/mol. The van der Waals surface area contributed by atoms with Crippen LogP contribution in [0.4, 0.5) is 0 Å². The molecule has 0 amide bonds. The molecule has 0 saturated heterocycles. The summed E-state index contributed by atoms with van der Waals surface area (Å²) in [5.74, 6) is 0. The Morgan fingerprint density at radius 3 is 2.58 bits per heavy atom. The third kappa shape index (κ3) is 2.68. The Kier molecular flexibility index (Phi) is 4.30. The van der Waals surface area contributed by atoms with E-state index in [9.17, 15) is 4.79 Å². The highest BCUT2D eigenvalue weighted by atomic mass is 35.5. The monoisotopic (exact) mass is 360 g/mol. The molecule has 0 spiro atoms. The van der Waals surface area contributed by atoms with Crippen LogP contribution >= 0.6 is 22.9 Å². The topological polar surface area (TPSA) is 34.4 Å². The molecule has 0 saturated carbocycles. The molecule has 3 nitrogen and oxygen atoms in total. The highest BCUT2D eigenvalue weighted by Gasteiger charge is 2.27. The number of carbonyl (C=O) groups excluding carboxylic acids is 1. The number of aryl methyl sites for hydroxylation is 2. The number of hydrogen-bond acceptors (Lipinski definition) is 3. The fourth-order valence-electron chi connectivity index (χ4n) is 2.96. The van der Waals surface area contributed by atoms with Gasteiger partial charge < -0.3 is 0 Å². The number of nitrogens with zero attached hydrogens (tertiary/aromatic N) is 2. The molecule has 5 heteroatoms. The van der Waals surface area contributed by atoms with Gasteiger partial charge >= 0.3 is 0 Å². The van der Waals surface area contributed by atoms with E-state index in [2.05, 4.69) is 33.8 Å². The number of carbonyl (C=O) groups is 1. The van der Waals surface area contributed by atoms with E-state index < -0.39 is 0 Å². The lowest BCUT2D eigenvalue weighted by molar-refractivity contribution is 0.111. The van der Waals surface area contributed by atoms with Crippen LogP contribution in [0.1, 0.15) is 54.3 Å². The van der Waals surface area contributed by atoms with Crippen molar-refractivity contribution in [2.75, 3.05) is 0 Å².